The molecule has 0 saturated carbocycles. The van der Waals surface area contributed by atoms with Gasteiger partial charge in [0, 0.05) is 12.1 Å². The molecule has 0 atom stereocenters. The second kappa shape index (κ2) is 4.27. The van der Waals surface area contributed by atoms with E-state index in [0.29, 0.717) is 10.9 Å². The topological polar surface area (TPSA) is 42.2 Å². The molecule has 3 rings (SSSR count). The van der Waals surface area contributed by atoms with Gasteiger partial charge in [0.1, 0.15) is 0 Å². The van der Waals surface area contributed by atoms with Crippen LogP contribution in [0.15, 0.2) is 12.3 Å². The molecule has 3 heterocycles. The molecular formula is C12H15ClN4. The number of aromatic nitrogens is 3. The van der Waals surface area contributed by atoms with E-state index >= 15 is 0 Å². The smallest absolute Gasteiger partial charge is 0.174 e. The Balaban J connectivity index is 2.03. The van der Waals surface area contributed by atoms with Crippen LogP contribution in [0.1, 0.15) is 30.1 Å². The van der Waals surface area contributed by atoms with Crippen LogP contribution in [0.4, 0.5) is 0 Å². The quantitative estimate of drug-likeness (QED) is 0.843. The minimum absolute atomic E-state index is 0.465. The van der Waals surface area contributed by atoms with E-state index in [1.54, 1.807) is 4.52 Å². The summed E-state index contributed by atoms with van der Waals surface area (Å²) in [6, 6.07) is 1.93. The van der Waals surface area contributed by atoms with Crippen molar-refractivity contribution in [2.45, 2.75) is 25.7 Å². The summed E-state index contributed by atoms with van der Waals surface area (Å²) in [7, 11) is 0. The number of fused-ring (bicyclic) bond motifs is 1. The maximum Gasteiger partial charge on any atom is 0.174 e. The average molecular weight is 251 g/mol. The molecule has 17 heavy (non-hydrogen) atoms. The monoisotopic (exact) mass is 250 g/mol. The van der Waals surface area contributed by atoms with Crippen molar-refractivity contribution in [3.8, 4) is 0 Å². The van der Waals surface area contributed by atoms with Gasteiger partial charge in [-0.25, -0.2) is 9.50 Å². The van der Waals surface area contributed by atoms with Gasteiger partial charge in [0.2, 0.25) is 0 Å². The van der Waals surface area contributed by atoms with E-state index in [4.69, 9.17) is 11.6 Å². The molecule has 1 aliphatic heterocycles. The molecule has 0 unspecified atom stereocenters. The van der Waals surface area contributed by atoms with Crippen LogP contribution in [-0.2, 0) is 0 Å². The molecule has 1 saturated heterocycles. The largest absolute Gasteiger partial charge is 0.317 e. The van der Waals surface area contributed by atoms with Gasteiger partial charge in [-0.05, 0) is 44.5 Å². The summed E-state index contributed by atoms with van der Waals surface area (Å²) in [6.07, 6.45) is 4.18. The van der Waals surface area contributed by atoms with Gasteiger partial charge in [-0.2, -0.15) is 5.10 Å². The first kappa shape index (κ1) is 11.0. The van der Waals surface area contributed by atoms with E-state index in [1.165, 1.54) is 0 Å². The van der Waals surface area contributed by atoms with E-state index in [0.717, 1.165) is 43.0 Å². The number of nitrogens with zero attached hydrogens (tertiary/aromatic N) is 3. The molecule has 0 bridgehead atoms. The summed E-state index contributed by atoms with van der Waals surface area (Å²) in [4.78, 5) is 4.57. The van der Waals surface area contributed by atoms with E-state index in [9.17, 15) is 0 Å². The molecular weight excluding hydrogens is 236 g/mol. The summed E-state index contributed by atoms with van der Waals surface area (Å²) in [6.45, 7) is 4.11. The van der Waals surface area contributed by atoms with Crippen molar-refractivity contribution in [3.05, 3.63) is 28.7 Å². The van der Waals surface area contributed by atoms with Gasteiger partial charge in [-0.15, -0.1) is 0 Å². The minimum atomic E-state index is 0.465. The maximum atomic E-state index is 6.18. The molecule has 0 radical (unpaired) electrons. The van der Waals surface area contributed by atoms with Gasteiger partial charge < -0.3 is 5.32 Å². The zero-order valence-electron chi connectivity index (χ0n) is 9.78. The van der Waals surface area contributed by atoms with Crippen molar-refractivity contribution in [2.24, 2.45) is 0 Å². The average Bonchev–Trinajstić information content (AvgIpc) is 2.74. The number of nitrogens with one attached hydrogen (secondary N) is 1. The van der Waals surface area contributed by atoms with Crippen LogP contribution >= 0.6 is 11.6 Å². The van der Waals surface area contributed by atoms with Crippen LogP contribution < -0.4 is 5.32 Å². The molecule has 0 aromatic carbocycles. The lowest BCUT2D eigenvalue weighted by Crippen LogP contribution is -2.27. The van der Waals surface area contributed by atoms with E-state index in [-0.39, 0.29) is 0 Å². The molecule has 2 aromatic rings. The number of rotatable bonds is 1. The number of hydrogen-bond donors (Lipinski definition) is 1. The maximum absolute atomic E-state index is 6.18. The summed E-state index contributed by atoms with van der Waals surface area (Å²) >= 11 is 6.18. The number of piperidine rings is 1. The zero-order chi connectivity index (χ0) is 11.8. The first-order valence-electron chi connectivity index (χ1n) is 5.97. The predicted molar refractivity (Wildman–Crippen MR) is 67.6 cm³/mol. The third kappa shape index (κ3) is 2.03. The van der Waals surface area contributed by atoms with E-state index in [1.807, 2.05) is 19.2 Å². The Morgan fingerprint density at radius 2 is 2.18 bits per heavy atom. The van der Waals surface area contributed by atoms with Gasteiger partial charge in [-0.1, -0.05) is 11.6 Å². The fourth-order valence-electron chi connectivity index (χ4n) is 2.34. The highest BCUT2D eigenvalue weighted by atomic mass is 35.5. The van der Waals surface area contributed by atoms with Gasteiger partial charge in [0.15, 0.2) is 11.5 Å². The fraction of sp³-hybridized carbons (Fsp3) is 0.500. The first-order valence-corrected chi connectivity index (χ1v) is 6.35. The number of hydrogen-bond acceptors (Lipinski definition) is 3. The lowest BCUT2D eigenvalue weighted by molar-refractivity contribution is 0.445. The normalized spacial score (nSPS) is 17.8. The van der Waals surface area contributed by atoms with Crippen LogP contribution in [0.25, 0.3) is 5.65 Å². The third-order valence-corrected chi connectivity index (χ3v) is 3.52. The van der Waals surface area contributed by atoms with Crippen molar-refractivity contribution >= 4 is 17.2 Å². The molecule has 0 amide bonds. The molecule has 1 N–H and O–H groups in total. The summed E-state index contributed by atoms with van der Waals surface area (Å²) in [5, 5.41) is 8.58. The van der Waals surface area contributed by atoms with Crippen LogP contribution in [0.2, 0.25) is 5.02 Å². The highest BCUT2D eigenvalue weighted by molar-refractivity contribution is 6.33. The third-order valence-electron chi connectivity index (χ3n) is 3.25. The van der Waals surface area contributed by atoms with Crippen LogP contribution in [-0.4, -0.2) is 27.7 Å². The Labute approximate surface area is 105 Å². The molecule has 4 nitrogen and oxygen atoms in total. The minimum Gasteiger partial charge on any atom is -0.317 e. The van der Waals surface area contributed by atoms with Crippen molar-refractivity contribution < 1.29 is 0 Å². The Morgan fingerprint density at radius 1 is 1.41 bits per heavy atom. The lowest BCUT2D eigenvalue weighted by atomic mass is 9.98. The van der Waals surface area contributed by atoms with Crippen molar-refractivity contribution in [3.63, 3.8) is 0 Å². The fourth-order valence-corrected chi connectivity index (χ4v) is 2.64. The van der Waals surface area contributed by atoms with E-state index < -0.39 is 0 Å². The highest BCUT2D eigenvalue weighted by Gasteiger charge is 2.20. The predicted octanol–water partition coefficient (Wildman–Crippen LogP) is 2.16. The Kier molecular flexibility index (Phi) is 2.76. The summed E-state index contributed by atoms with van der Waals surface area (Å²) < 4.78 is 1.80. The van der Waals surface area contributed by atoms with Gasteiger partial charge in [0.05, 0.1) is 5.02 Å². The molecule has 2 aromatic heterocycles. The SMILES string of the molecule is Cc1cc(Cl)c2nc(C3CCNCC3)nn2c1. The van der Waals surface area contributed by atoms with Gasteiger partial charge >= 0.3 is 0 Å². The van der Waals surface area contributed by atoms with Crippen LogP contribution in [0, 0.1) is 6.92 Å². The van der Waals surface area contributed by atoms with Crippen LogP contribution in [0.3, 0.4) is 0 Å². The van der Waals surface area contributed by atoms with E-state index in [2.05, 4.69) is 15.4 Å². The summed E-state index contributed by atoms with van der Waals surface area (Å²) in [5.41, 5.74) is 1.87. The molecule has 0 aliphatic carbocycles. The second-order valence-electron chi connectivity index (χ2n) is 4.63. The zero-order valence-corrected chi connectivity index (χ0v) is 10.5. The Hall–Kier alpha value is -1.13. The highest BCUT2D eigenvalue weighted by Crippen LogP contribution is 2.25. The molecule has 0 spiro atoms. The first-order chi connectivity index (χ1) is 8.24. The van der Waals surface area contributed by atoms with Gasteiger partial charge in [-0.3, -0.25) is 0 Å². The van der Waals surface area contributed by atoms with Crippen LogP contribution in [0.5, 0.6) is 0 Å². The number of halogens is 1. The standard InChI is InChI=1S/C12H15ClN4/c1-8-6-10(13)12-15-11(16-17(12)7-8)9-2-4-14-5-3-9/h6-7,9,14H,2-5H2,1H3. The Bertz CT molecular complexity index is 543. The summed E-state index contributed by atoms with van der Waals surface area (Å²) in [5.74, 6) is 1.39. The Morgan fingerprint density at radius 3 is 2.94 bits per heavy atom. The lowest BCUT2D eigenvalue weighted by Gasteiger charge is -2.19. The second-order valence-corrected chi connectivity index (χ2v) is 5.04. The van der Waals surface area contributed by atoms with Crippen molar-refractivity contribution in [1.29, 1.82) is 0 Å². The number of aryl methyl sites for hydroxylation is 1. The number of pyridine rings is 1. The van der Waals surface area contributed by atoms with Crippen molar-refractivity contribution in [1.82, 2.24) is 19.9 Å². The molecule has 1 aliphatic rings. The van der Waals surface area contributed by atoms with Gasteiger partial charge in [0.25, 0.3) is 0 Å². The molecule has 1 fully saturated rings. The molecule has 5 heteroatoms. The molecule has 90 valence electrons. The van der Waals surface area contributed by atoms with Crippen molar-refractivity contribution in [2.75, 3.05) is 13.1 Å².